The van der Waals surface area contributed by atoms with Crippen LogP contribution in [0.5, 0.6) is 0 Å². The Morgan fingerprint density at radius 3 is 3.05 bits per heavy atom. The van der Waals surface area contributed by atoms with Crippen LogP contribution in [0.4, 0.5) is 0 Å². The summed E-state index contributed by atoms with van der Waals surface area (Å²) in [7, 11) is 0. The molecule has 0 spiro atoms. The van der Waals surface area contributed by atoms with Crippen molar-refractivity contribution < 1.29 is 9.21 Å². The fraction of sp³-hybridized carbons (Fsp3) is 0.250. The molecule has 0 aliphatic rings. The summed E-state index contributed by atoms with van der Waals surface area (Å²) in [6.07, 6.45) is 3.83. The van der Waals surface area contributed by atoms with Gasteiger partial charge in [0.25, 0.3) is 0 Å². The van der Waals surface area contributed by atoms with Gasteiger partial charge in [-0.05, 0) is 24.6 Å². The molecule has 0 atom stereocenters. The summed E-state index contributed by atoms with van der Waals surface area (Å²) in [5.74, 6) is 0.743. The van der Waals surface area contributed by atoms with Gasteiger partial charge in [-0.2, -0.15) is 5.10 Å². The molecule has 0 radical (unpaired) electrons. The summed E-state index contributed by atoms with van der Waals surface area (Å²) >= 11 is 0. The number of rotatable bonds is 5. The lowest BCUT2D eigenvalue weighted by Crippen LogP contribution is -2.23. The zero-order valence-electron chi connectivity index (χ0n) is 11.9. The number of nitrogens with zero attached hydrogens (tertiary/aromatic N) is 2. The van der Waals surface area contributed by atoms with E-state index in [9.17, 15) is 4.79 Å². The molecule has 0 aliphatic carbocycles. The summed E-state index contributed by atoms with van der Waals surface area (Å²) in [6.45, 7) is 3.04. The third kappa shape index (κ3) is 2.97. The zero-order chi connectivity index (χ0) is 14.7. The van der Waals surface area contributed by atoms with Crippen molar-refractivity contribution in [1.29, 1.82) is 0 Å². The molecule has 5 nitrogen and oxygen atoms in total. The van der Waals surface area contributed by atoms with Gasteiger partial charge in [-0.25, -0.2) is 0 Å². The van der Waals surface area contributed by atoms with Crippen LogP contribution in [0, 0.1) is 6.92 Å². The number of hydrogen-bond donors (Lipinski definition) is 1. The Morgan fingerprint density at radius 2 is 2.24 bits per heavy atom. The molecule has 1 amide bonds. The highest BCUT2D eigenvalue weighted by molar-refractivity contribution is 5.82. The first kappa shape index (κ1) is 13.4. The normalized spacial score (nSPS) is 10.9. The molecule has 3 aromatic rings. The van der Waals surface area contributed by atoms with Crippen LogP contribution in [0.15, 0.2) is 47.2 Å². The second kappa shape index (κ2) is 5.83. The van der Waals surface area contributed by atoms with E-state index in [1.165, 1.54) is 5.56 Å². The summed E-state index contributed by atoms with van der Waals surface area (Å²) < 4.78 is 7.06. The van der Waals surface area contributed by atoms with E-state index in [-0.39, 0.29) is 5.91 Å². The molecule has 108 valence electrons. The van der Waals surface area contributed by atoms with E-state index in [4.69, 9.17) is 4.42 Å². The number of aryl methyl sites for hydroxylation is 2. The SMILES string of the molecule is Cc1cccc2cnn(CCC(=O)NCc3ccco3)c12. The van der Waals surface area contributed by atoms with Gasteiger partial charge in [-0.1, -0.05) is 18.2 Å². The van der Waals surface area contributed by atoms with Crippen molar-refractivity contribution in [2.45, 2.75) is 26.4 Å². The number of carbonyl (C=O) groups excluding carboxylic acids is 1. The standard InChI is InChI=1S/C16H17N3O2/c1-12-4-2-5-13-10-18-19(16(12)13)8-7-15(20)17-11-14-6-3-9-21-14/h2-6,9-10H,7-8,11H2,1H3,(H,17,20). The molecule has 2 heterocycles. The minimum atomic E-state index is -0.0105. The van der Waals surface area contributed by atoms with Crippen molar-refractivity contribution in [2.75, 3.05) is 0 Å². The number of para-hydroxylation sites is 1. The topological polar surface area (TPSA) is 60.1 Å². The second-order valence-electron chi connectivity index (χ2n) is 4.99. The van der Waals surface area contributed by atoms with Gasteiger partial charge in [0, 0.05) is 11.8 Å². The Bertz CT molecular complexity index is 744. The fourth-order valence-electron chi connectivity index (χ4n) is 2.39. The Labute approximate surface area is 122 Å². The molecule has 5 heteroatoms. The Kier molecular flexibility index (Phi) is 3.73. The lowest BCUT2D eigenvalue weighted by molar-refractivity contribution is -0.121. The molecular weight excluding hydrogens is 266 g/mol. The first-order valence-corrected chi connectivity index (χ1v) is 6.94. The van der Waals surface area contributed by atoms with Crippen molar-refractivity contribution in [2.24, 2.45) is 0 Å². The van der Waals surface area contributed by atoms with Gasteiger partial charge in [-0.15, -0.1) is 0 Å². The van der Waals surface area contributed by atoms with Crippen LogP contribution in [0.2, 0.25) is 0 Å². The van der Waals surface area contributed by atoms with Crippen molar-refractivity contribution >= 4 is 16.8 Å². The number of hydrogen-bond acceptors (Lipinski definition) is 3. The summed E-state index contributed by atoms with van der Waals surface area (Å²) in [6, 6.07) is 9.74. The van der Waals surface area contributed by atoms with Crippen LogP contribution >= 0.6 is 0 Å². The van der Waals surface area contributed by atoms with E-state index in [0.717, 1.165) is 16.7 Å². The highest BCUT2D eigenvalue weighted by Gasteiger charge is 2.08. The monoisotopic (exact) mass is 283 g/mol. The maximum atomic E-state index is 11.9. The minimum Gasteiger partial charge on any atom is -0.467 e. The lowest BCUT2D eigenvalue weighted by Gasteiger charge is -2.06. The number of aromatic nitrogens is 2. The molecule has 0 bridgehead atoms. The van der Waals surface area contributed by atoms with Crippen molar-refractivity contribution in [3.8, 4) is 0 Å². The molecule has 0 unspecified atom stereocenters. The first-order chi connectivity index (χ1) is 10.2. The van der Waals surface area contributed by atoms with Gasteiger partial charge < -0.3 is 9.73 Å². The number of carbonyl (C=O) groups is 1. The summed E-state index contributed by atoms with van der Waals surface area (Å²) in [5, 5.41) is 8.30. The minimum absolute atomic E-state index is 0.0105. The van der Waals surface area contributed by atoms with Gasteiger partial charge in [0.2, 0.25) is 5.91 Å². The van der Waals surface area contributed by atoms with Gasteiger partial charge in [-0.3, -0.25) is 9.48 Å². The van der Waals surface area contributed by atoms with Crippen LogP contribution in [0.25, 0.3) is 10.9 Å². The molecular formula is C16H17N3O2. The van der Waals surface area contributed by atoms with E-state index in [1.807, 2.05) is 29.1 Å². The van der Waals surface area contributed by atoms with Crippen LogP contribution in [-0.4, -0.2) is 15.7 Å². The molecule has 21 heavy (non-hydrogen) atoms. The number of fused-ring (bicyclic) bond motifs is 1. The quantitative estimate of drug-likeness (QED) is 0.783. The Morgan fingerprint density at radius 1 is 1.33 bits per heavy atom. The van der Waals surface area contributed by atoms with E-state index in [2.05, 4.69) is 23.4 Å². The number of nitrogens with one attached hydrogen (secondary N) is 1. The fourth-order valence-corrected chi connectivity index (χ4v) is 2.39. The highest BCUT2D eigenvalue weighted by Crippen LogP contribution is 2.17. The molecule has 0 saturated heterocycles. The van der Waals surface area contributed by atoms with Gasteiger partial charge in [0.05, 0.1) is 31.1 Å². The van der Waals surface area contributed by atoms with Crippen molar-refractivity contribution in [3.63, 3.8) is 0 Å². The number of furan rings is 1. The van der Waals surface area contributed by atoms with E-state index in [1.54, 1.807) is 12.3 Å². The Hall–Kier alpha value is -2.56. The third-order valence-electron chi connectivity index (χ3n) is 3.45. The van der Waals surface area contributed by atoms with E-state index < -0.39 is 0 Å². The zero-order valence-corrected chi connectivity index (χ0v) is 11.9. The maximum absolute atomic E-state index is 11.9. The Balaban J connectivity index is 1.60. The largest absolute Gasteiger partial charge is 0.467 e. The average Bonchev–Trinajstić information content (AvgIpc) is 3.13. The van der Waals surface area contributed by atoms with E-state index >= 15 is 0 Å². The smallest absolute Gasteiger partial charge is 0.222 e. The first-order valence-electron chi connectivity index (χ1n) is 6.94. The van der Waals surface area contributed by atoms with E-state index in [0.29, 0.717) is 19.5 Å². The molecule has 1 aromatic carbocycles. The predicted molar refractivity (Wildman–Crippen MR) is 79.6 cm³/mol. The van der Waals surface area contributed by atoms with Crippen molar-refractivity contribution in [1.82, 2.24) is 15.1 Å². The van der Waals surface area contributed by atoms with Crippen LogP contribution in [-0.2, 0) is 17.9 Å². The number of amides is 1. The predicted octanol–water partition coefficient (Wildman–Crippen LogP) is 2.64. The molecule has 0 saturated carbocycles. The average molecular weight is 283 g/mol. The second-order valence-corrected chi connectivity index (χ2v) is 4.99. The number of benzene rings is 1. The maximum Gasteiger partial charge on any atom is 0.222 e. The third-order valence-corrected chi connectivity index (χ3v) is 3.45. The van der Waals surface area contributed by atoms with Gasteiger partial charge in [0.15, 0.2) is 0 Å². The lowest BCUT2D eigenvalue weighted by atomic mass is 10.2. The van der Waals surface area contributed by atoms with Crippen LogP contribution < -0.4 is 5.32 Å². The molecule has 0 fully saturated rings. The molecule has 2 aromatic heterocycles. The van der Waals surface area contributed by atoms with Crippen molar-refractivity contribution in [3.05, 3.63) is 54.1 Å². The summed E-state index contributed by atoms with van der Waals surface area (Å²) in [4.78, 5) is 11.9. The summed E-state index contributed by atoms with van der Waals surface area (Å²) in [5.41, 5.74) is 2.26. The molecule has 3 rings (SSSR count). The van der Waals surface area contributed by atoms with Crippen LogP contribution in [0.1, 0.15) is 17.7 Å². The van der Waals surface area contributed by atoms with Gasteiger partial charge in [0.1, 0.15) is 5.76 Å². The van der Waals surface area contributed by atoms with Gasteiger partial charge >= 0.3 is 0 Å². The van der Waals surface area contributed by atoms with Crippen LogP contribution in [0.3, 0.4) is 0 Å². The highest BCUT2D eigenvalue weighted by atomic mass is 16.3. The molecule has 0 aliphatic heterocycles. The molecule has 1 N–H and O–H groups in total.